The van der Waals surface area contributed by atoms with E-state index in [1.54, 1.807) is 10.9 Å². The highest BCUT2D eigenvalue weighted by Gasteiger charge is 2.09. The van der Waals surface area contributed by atoms with E-state index in [4.69, 9.17) is 17.0 Å². The van der Waals surface area contributed by atoms with Gasteiger partial charge in [0.1, 0.15) is 5.75 Å². The summed E-state index contributed by atoms with van der Waals surface area (Å²) in [6.07, 6.45) is 1.76. The summed E-state index contributed by atoms with van der Waals surface area (Å²) in [5.74, 6) is 1.43. The lowest BCUT2D eigenvalue weighted by atomic mass is 10.2. The van der Waals surface area contributed by atoms with E-state index in [0.29, 0.717) is 17.2 Å². The Labute approximate surface area is 145 Å². The van der Waals surface area contributed by atoms with Crippen LogP contribution in [-0.4, -0.2) is 27.7 Å². The number of hydrogen-bond donors (Lipinski definition) is 1. The van der Waals surface area contributed by atoms with Crippen molar-refractivity contribution in [3.05, 3.63) is 64.4 Å². The van der Waals surface area contributed by atoms with Crippen molar-refractivity contribution in [2.45, 2.75) is 13.8 Å². The van der Waals surface area contributed by atoms with Gasteiger partial charge >= 0.3 is 0 Å². The maximum Gasteiger partial charge on any atom is 0.216 e. The van der Waals surface area contributed by atoms with Gasteiger partial charge in [-0.2, -0.15) is 14.9 Å². The van der Waals surface area contributed by atoms with Gasteiger partial charge in [-0.05, 0) is 43.8 Å². The molecular weight excluding hydrogens is 320 g/mol. The number of aryl methyl sites for hydroxylation is 1. The van der Waals surface area contributed by atoms with E-state index in [9.17, 15) is 0 Å². The van der Waals surface area contributed by atoms with Crippen molar-refractivity contribution in [3.63, 3.8) is 0 Å². The normalized spacial score (nSPS) is 11.1. The lowest BCUT2D eigenvalue weighted by Crippen LogP contribution is -1.96. The van der Waals surface area contributed by atoms with Crippen molar-refractivity contribution >= 4 is 18.4 Å². The average Bonchev–Trinajstić information content (AvgIpc) is 2.96. The molecule has 122 valence electrons. The highest BCUT2D eigenvalue weighted by Crippen LogP contribution is 2.22. The Hall–Kier alpha value is -2.73. The highest BCUT2D eigenvalue weighted by atomic mass is 32.1. The predicted molar refractivity (Wildman–Crippen MR) is 98.2 cm³/mol. The molecule has 2 aromatic carbocycles. The largest absolute Gasteiger partial charge is 0.494 e. The van der Waals surface area contributed by atoms with E-state index in [-0.39, 0.29) is 0 Å². The first-order valence-corrected chi connectivity index (χ1v) is 8.10. The summed E-state index contributed by atoms with van der Waals surface area (Å²) in [5, 5.41) is 11.6. The van der Waals surface area contributed by atoms with Crippen LogP contribution in [0.1, 0.15) is 18.1 Å². The summed E-state index contributed by atoms with van der Waals surface area (Å²) in [7, 11) is 0. The molecule has 0 amide bonds. The second-order valence-corrected chi connectivity index (χ2v) is 5.67. The second kappa shape index (κ2) is 7.23. The van der Waals surface area contributed by atoms with Gasteiger partial charge in [0.25, 0.3) is 0 Å². The van der Waals surface area contributed by atoms with Crippen molar-refractivity contribution in [1.29, 1.82) is 0 Å². The van der Waals surface area contributed by atoms with Crippen LogP contribution in [0.2, 0.25) is 0 Å². The number of ether oxygens (including phenoxy) is 1. The summed E-state index contributed by atoms with van der Waals surface area (Å²) in [4.78, 5) is 0. The number of H-pyrrole nitrogens is 1. The third-order valence-corrected chi connectivity index (χ3v) is 3.72. The van der Waals surface area contributed by atoms with Crippen molar-refractivity contribution in [3.8, 4) is 17.1 Å². The Morgan fingerprint density at radius 2 is 2.04 bits per heavy atom. The summed E-state index contributed by atoms with van der Waals surface area (Å²) < 4.78 is 7.59. The first-order chi connectivity index (χ1) is 11.7. The number of benzene rings is 2. The SMILES string of the molecule is CCOc1cccc(-c2n[nH]c(=S)n2N=Cc2ccc(C)cc2)c1. The first kappa shape index (κ1) is 16.1. The van der Waals surface area contributed by atoms with Crippen LogP contribution in [-0.2, 0) is 0 Å². The monoisotopic (exact) mass is 338 g/mol. The molecule has 0 saturated heterocycles. The summed E-state index contributed by atoms with van der Waals surface area (Å²) >= 11 is 5.29. The standard InChI is InChI=1S/C18H18N4OS/c1-3-23-16-6-4-5-15(11-16)17-20-21-18(24)22(17)19-12-14-9-7-13(2)8-10-14/h4-12H,3H2,1-2H3,(H,21,24). The van der Waals surface area contributed by atoms with Crippen LogP contribution < -0.4 is 4.74 Å². The topological polar surface area (TPSA) is 55.2 Å². The molecule has 0 aliphatic heterocycles. The molecule has 6 heteroatoms. The van der Waals surface area contributed by atoms with Crippen LogP contribution in [0.15, 0.2) is 53.6 Å². The van der Waals surface area contributed by atoms with Gasteiger partial charge in [-0.1, -0.05) is 42.0 Å². The van der Waals surface area contributed by atoms with Crippen LogP contribution >= 0.6 is 12.2 Å². The number of aromatic amines is 1. The number of hydrogen-bond acceptors (Lipinski definition) is 4. The van der Waals surface area contributed by atoms with E-state index < -0.39 is 0 Å². The van der Waals surface area contributed by atoms with Crippen molar-refractivity contribution in [1.82, 2.24) is 14.9 Å². The van der Waals surface area contributed by atoms with Crippen molar-refractivity contribution in [2.24, 2.45) is 5.10 Å². The molecule has 0 saturated carbocycles. The van der Waals surface area contributed by atoms with E-state index in [0.717, 1.165) is 16.9 Å². The third kappa shape index (κ3) is 3.60. The molecule has 0 radical (unpaired) electrons. The number of nitrogens with one attached hydrogen (secondary N) is 1. The van der Waals surface area contributed by atoms with Crippen LogP contribution in [0, 0.1) is 11.7 Å². The first-order valence-electron chi connectivity index (χ1n) is 7.69. The molecule has 1 N–H and O–H groups in total. The maximum atomic E-state index is 5.54. The van der Waals surface area contributed by atoms with Gasteiger partial charge in [0.05, 0.1) is 12.8 Å². The minimum atomic E-state index is 0.440. The molecule has 3 aromatic rings. The molecule has 1 heterocycles. The highest BCUT2D eigenvalue weighted by molar-refractivity contribution is 7.71. The van der Waals surface area contributed by atoms with Crippen LogP contribution in [0.5, 0.6) is 5.75 Å². The quantitative estimate of drug-likeness (QED) is 0.560. The summed E-state index contributed by atoms with van der Waals surface area (Å²) in [6, 6.07) is 15.8. The zero-order chi connectivity index (χ0) is 16.9. The smallest absolute Gasteiger partial charge is 0.216 e. The van der Waals surface area contributed by atoms with Gasteiger partial charge < -0.3 is 4.74 Å². The molecule has 24 heavy (non-hydrogen) atoms. The average molecular weight is 338 g/mol. The zero-order valence-electron chi connectivity index (χ0n) is 13.6. The number of nitrogens with zero attached hydrogens (tertiary/aromatic N) is 3. The fraction of sp³-hybridized carbons (Fsp3) is 0.167. The second-order valence-electron chi connectivity index (χ2n) is 5.28. The Morgan fingerprint density at radius 3 is 2.79 bits per heavy atom. The molecule has 0 atom stereocenters. The Kier molecular flexibility index (Phi) is 4.86. The van der Waals surface area contributed by atoms with Crippen LogP contribution in [0.25, 0.3) is 11.4 Å². The molecule has 0 spiro atoms. The van der Waals surface area contributed by atoms with Crippen molar-refractivity contribution < 1.29 is 4.74 Å². The van der Waals surface area contributed by atoms with Gasteiger partial charge in [-0.3, -0.25) is 0 Å². The van der Waals surface area contributed by atoms with Crippen LogP contribution in [0.4, 0.5) is 0 Å². The lowest BCUT2D eigenvalue weighted by Gasteiger charge is -2.05. The van der Waals surface area contributed by atoms with E-state index in [2.05, 4.69) is 22.2 Å². The molecule has 1 aromatic heterocycles. The number of aromatic nitrogens is 3. The van der Waals surface area contributed by atoms with Gasteiger partial charge in [-0.15, -0.1) is 0 Å². The predicted octanol–water partition coefficient (Wildman–Crippen LogP) is 4.20. The molecular formula is C18H18N4OS. The third-order valence-electron chi connectivity index (χ3n) is 3.45. The lowest BCUT2D eigenvalue weighted by molar-refractivity contribution is 0.340. The van der Waals surface area contributed by atoms with E-state index in [1.165, 1.54) is 5.56 Å². The molecule has 3 rings (SSSR count). The molecule has 0 bridgehead atoms. The summed E-state index contributed by atoms with van der Waals surface area (Å²) in [6.45, 7) is 4.62. The molecule has 0 aliphatic carbocycles. The van der Waals surface area contributed by atoms with E-state index >= 15 is 0 Å². The molecule has 0 fully saturated rings. The fourth-order valence-corrected chi connectivity index (χ4v) is 2.43. The van der Waals surface area contributed by atoms with Gasteiger partial charge in [0, 0.05) is 5.56 Å². The maximum absolute atomic E-state index is 5.54. The van der Waals surface area contributed by atoms with Crippen LogP contribution in [0.3, 0.4) is 0 Å². The van der Waals surface area contributed by atoms with Gasteiger partial charge in [-0.25, -0.2) is 5.10 Å². The zero-order valence-corrected chi connectivity index (χ0v) is 14.4. The molecule has 0 unspecified atom stereocenters. The Bertz CT molecular complexity index is 909. The van der Waals surface area contributed by atoms with E-state index in [1.807, 2.05) is 55.5 Å². The van der Waals surface area contributed by atoms with Crippen molar-refractivity contribution in [2.75, 3.05) is 6.61 Å². The minimum Gasteiger partial charge on any atom is -0.494 e. The van der Waals surface area contributed by atoms with Gasteiger partial charge in [0.2, 0.25) is 4.77 Å². The Balaban J connectivity index is 1.95. The number of rotatable bonds is 5. The summed E-state index contributed by atoms with van der Waals surface area (Å²) in [5.41, 5.74) is 3.09. The van der Waals surface area contributed by atoms with Gasteiger partial charge in [0.15, 0.2) is 5.82 Å². The minimum absolute atomic E-state index is 0.440. The molecule has 0 aliphatic rings. The Morgan fingerprint density at radius 1 is 1.25 bits per heavy atom. The fourth-order valence-electron chi connectivity index (χ4n) is 2.25. The molecule has 5 nitrogen and oxygen atoms in total.